The second-order valence-corrected chi connectivity index (χ2v) is 8.69. The van der Waals surface area contributed by atoms with Gasteiger partial charge in [0.05, 0.1) is 18.8 Å². The van der Waals surface area contributed by atoms with Gasteiger partial charge in [0.1, 0.15) is 0 Å². The summed E-state index contributed by atoms with van der Waals surface area (Å²) in [5, 5.41) is 0. The Morgan fingerprint density at radius 1 is 1.11 bits per heavy atom. The van der Waals surface area contributed by atoms with Crippen LogP contribution < -0.4 is 0 Å². The van der Waals surface area contributed by atoms with Crippen molar-refractivity contribution in [1.82, 2.24) is 14.7 Å². The lowest BCUT2D eigenvalue weighted by Crippen LogP contribution is -2.56. The van der Waals surface area contributed by atoms with Crippen LogP contribution in [-0.4, -0.2) is 79.1 Å². The Morgan fingerprint density at radius 2 is 1.78 bits per heavy atom. The molecule has 0 bridgehead atoms. The number of nitrogens with zero attached hydrogens (tertiary/aromatic N) is 3. The number of ether oxygens (including phenoxy) is 1. The van der Waals surface area contributed by atoms with E-state index in [0.717, 1.165) is 52.0 Å². The fraction of sp³-hybridized carbons (Fsp3) is 0.682. The molecule has 2 atom stereocenters. The molecule has 0 radical (unpaired) electrons. The van der Waals surface area contributed by atoms with Gasteiger partial charge >= 0.3 is 0 Å². The molecule has 0 aliphatic carbocycles. The molecule has 2 saturated heterocycles. The molecule has 3 aliphatic heterocycles. The highest BCUT2D eigenvalue weighted by Crippen LogP contribution is 2.42. The quantitative estimate of drug-likeness (QED) is 0.798. The zero-order valence-electron chi connectivity index (χ0n) is 17.0. The highest BCUT2D eigenvalue weighted by Gasteiger charge is 2.43. The van der Waals surface area contributed by atoms with Gasteiger partial charge < -0.3 is 9.64 Å². The van der Waals surface area contributed by atoms with Crippen molar-refractivity contribution in [2.24, 2.45) is 0 Å². The maximum Gasteiger partial charge on any atom is 0.236 e. The van der Waals surface area contributed by atoms with Crippen LogP contribution in [0.5, 0.6) is 0 Å². The second kappa shape index (κ2) is 7.53. The fourth-order valence-corrected chi connectivity index (χ4v) is 5.31. The molecule has 0 saturated carbocycles. The smallest absolute Gasteiger partial charge is 0.236 e. The SMILES string of the molecule is C[C@@H]1CN(C(=O)CN2CCC3(CC2)c2ccccc2CCN3C)C[C@H](C)O1. The summed E-state index contributed by atoms with van der Waals surface area (Å²) in [6.07, 6.45) is 3.61. The zero-order valence-corrected chi connectivity index (χ0v) is 17.0. The van der Waals surface area contributed by atoms with Crippen molar-refractivity contribution in [3.05, 3.63) is 35.4 Å². The Labute approximate surface area is 163 Å². The number of fused-ring (bicyclic) bond motifs is 2. The van der Waals surface area contributed by atoms with Crippen molar-refractivity contribution in [2.75, 3.05) is 46.3 Å². The van der Waals surface area contributed by atoms with Crippen LogP contribution in [0.15, 0.2) is 24.3 Å². The molecule has 3 aliphatic rings. The normalized spacial score (nSPS) is 28.9. The lowest BCUT2D eigenvalue weighted by Gasteiger charge is -2.51. The molecule has 0 N–H and O–H groups in total. The fourth-order valence-electron chi connectivity index (χ4n) is 5.31. The highest BCUT2D eigenvalue weighted by atomic mass is 16.5. The number of likely N-dealkylation sites (tertiary alicyclic amines) is 1. The Kier molecular flexibility index (Phi) is 5.28. The van der Waals surface area contributed by atoms with Crippen LogP contribution in [0.4, 0.5) is 0 Å². The van der Waals surface area contributed by atoms with Crippen molar-refractivity contribution < 1.29 is 9.53 Å². The third-order valence-electron chi connectivity index (χ3n) is 6.78. The van der Waals surface area contributed by atoms with Crippen LogP contribution >= 0.6 is 0 Å². The predicted octanol–water partition coefficient (Wildman–Crippen LogP) is 2.10. The van der Waals surface area contributed by atoms with E-state index in [0.29, 0.717) is 6.54 Å². The molecule has 4 rings (SSSR count). The first-order valence-electron chi connectivity index (χ1n) is 10.4. The van der Waals surface area contributed by atoms with Gasteiger partial charge in [0.15, 0.2) is 0 Å². The number of carbonyl (C=O) groups excluding carboxylic acids is 1. The summed E-state index contributed by atoms with van der Waals surface area (Å²) in [4.78, 5) is 19.7. The molecular weight excluding hydrogens is 338 g/mol. The summed E-state index contributed by atoms with van der Waals surface area (Å²) in [6, 6.07) is 8.95. The van der Waals surface area contributed by atoms with Crippen molar-refractivity contribution in [3.63, 3.8) is 0 Å². The van der Waals surface area contributed by atoms with E-state index in [2.05, 4.69) is 55.0 Å². The van der Waals surface area contributed by atoms with E-state index in [-0.39, 0.29) is 23.7 Å². The number of hydrogen-bond acceptors (Lipinski definition) is 4. The number of rotatable bonds is 2. The summed E-state index contributed by atoms with van der Waals surface area (Å²) in [5.41, 5.74) is 3.17. The summed E-state index contributed by atoms with van der Waals surface area (Å²) >= 11 is 0. The van der Waals surface area contributed by atoms with E-state index in [1.165, 1.54) is 11.1 Å². The third-order valence-corrected chi connectivity index (χ3v) is 6.78. The second-order valence-electron chi connectivity index (χ2n) is 8.69. The van der Waals surface area contributed by atoms with Crippen molar-refractivity contribution in [2.45, 2.75) is 50.9 Å². The van der Waals surface area contributed by atoms with Crippen molar-refractivity contribution in [3.8, 4) is 0 Å². The number of amides is 1. The molecule has 3 heterocycles. The van der Waals surface area contributed by atoms with Crippen LogP contribution in [-0.2, 0) is 21.5 Å². The summed E-state index contributed by atoms with van der Waals surface area (Å²) < 4.78 is 5.76. The molecule has 2 fully saturated rings. The van der Waals surface area contributed by atoms with Crippen LogP contribution in [0.2, 0.25) is 0 Å². The number of carbonyl (C=O) groups is 1. The van der Waals surface area contributed by atoms with E-state index in [9.17, 15) is 4.79 Å². The van der Waals surface area contributed by atoms with Gasteiger partial charge in [-0.1, -0.05) is 24.3 Å². The van der Waals surface area contributed by atoms with Gasteiger partial charge in [0.25, 0.3) is 0 Å². The van der Waals surface area contributed by atoms with E-state index in [1.807, 2.05) is 4.90 Å². The third kappa shape index (κ3) is 3.65. The Balaban J connectivity index is 1.40. The van der Waals surface area contributed by atoms with Gasteiger partial charge in [-0.25, -0.2) is 0 Å². The van der Waals surface area contributed by atoms with Crippen LogP contribution in [0.1, 0.15) is 37.8 Å². The van der Waals surface area contributed by atoms with Crippen LogP contribution in [0.3, 0.4) is 0 Å². The summed E-state index contributed by atoms with van der Waals surface area (Å²) in [7, 11) is 2.27. The average molecular weight is 372 g/mol. The maximum atomic E-state index is 12.8. The Morgan fingerprint density at radius 3 is 2.48 bits per heavy atom. The summed E-state index contributed by atoms with van der Waals surface area (Å²) in [6.45, 7) is 9.18. The molecule has 0 aromatic heterocycles. The standard InChI is InChI=1S/C22H33N3O2/c1-17-14-25(15-18(2)27-17)21(26)16-24-12-9-22(10-13-24)20-7-5-4-6-19(20)8-11-23(22)3/h4-7,17-18H,8-16H2,1-3H3/t17-,18+. The molecule has 1 spiro atoms. The lowest BCUT2D eigenvalue weighted by molar-refractivity contribution is -0.145. The average Bonchev–Trinajstić information content (AvgIpc) is 2.66. The largest absolute Gasteiger partial charge is 0.372 e. The Bertz CT molecular complexity index is 674. The Hall–Kier alpha value is -1.43. The van der Waals surface area contributed by atoms with Gasteiger partial charge in [-0.15, -0.1) is 0 Å². The van der Waals surface area contributed by atoms with E-state index in [4.69, 9.17) is 4.74 Å². The first-order valence-corrected chi connectivity index (χ1v) is 10.4. The minimum Gasteiger partial charge on any atom is -0.372 e. The minimum atomic E-state index is 0.134. The molecule has 27 heavy (non-hydrogen) atoms. The van der Waals surface area contributed by atoms with Gasteiger partial charge in [0, 0.05) is 38.3 Å². The summed E-state index contributed by atoms with van der Waals surface area (Å²) in [5.74, 6) is 0.255. The first-order chi connectivity index (χ1) is 13.0. The van der Waals surface area contributed by atoms with Gasteiger partial charge in [-0.05, 0) is 51.3 Å². The number of benzene rings is 1. The topological polar surface area (TPSA) is 36.0 Å². The monoisotopic (exact) mass is 371 g/mol. The lowest BCUT2D eigenvalue weighted by atomic mass is 9.74. The molecule has 0 unspecified atom stereocenters. The molecule has 148 valence electrons. The molecule has 5 heteroatoms. The predicted molar refractivity (Wildman–Crippen MR) is 107 cm³/mol. The van der Waals surface area contributed by atoms with Crippen LogP contribution in [0.25, 0.3) is 0 Å². The van der Waals surface area contributed by atoms with Crippen molar-refractivity contribution >= 4 is 5.91 Å². The van der Waals surface area contributed by atoms with Gasteiger partial charge in [-0.3, -0.25) is 14.6 Å². The van der Waals surface area contributed by atoms with E-state index < -0.39 is 0 Å². The van der Waals surface area contributed by atoms with Gasteiger partial charge in [-0.2, -0.15) is 0 Å². The van der Waals surface area contributed by atoms with Crippen LogP contribution in [0, 0.1) is 0 Å². The molecule has 5 nitrogen and oxygen atoms in total. The minimum absolute atomic E-state index is 0.134. The number of likely N-dealkylation sites (N-methyl/N-ethyl adjacent to an activating group) is 1. The zero-order chi connectivity index (χ0) is 19.0. The number of piperidine rings is 1. The first kappa shape index (κ1) is 18.9. The van der Waals surface area contributed by atoms with E-state index in [1.54, 1.807) is 0 Å². The number of morpholine rings is 1. The van der Waals surface area contributed by atoms with E-state index >= 15 is 0 Å². The number of hydrogen-bond donors (Lipinski definition) is 0. The molecular formula is C22H33N3O2. The molecule has 1 aromatic carbocycles. The van der Waals surface area contributed by atoms with Crippen molar-refractivity contribution in [1.29, 1.82) is 0 Å². The maximum absolute atomic E-state index is 12.8. The molecule has 1 aromatic rings. The molecule has 1 amide bonds. The highest BCUT2D eigenvalue weighted by molar-refractivity contribution is 5.78. The van der Waals surface area contributed by atoms with Gasteiger partial charge in [0.2, 0.25) is 5.91 Å².